The van der Waals surface area contributed by atoms with Gasteiger partial charge in [0.15, 0.2) is 0 Å². The zero-order chi connectivity index (χ0) is 16.7. The van der Waals surface area contributed by atoms with Gasteiger partial charge in [0.1, 0.15) is 11.5 Å². The molecule has 24 heavy (non-hydrogen) atoms. The van der Waals surface area contributed by atoms with Crippen molar-refractivity contribution in [1.29, 1.82) is 0 Å². The fraction of sp³-hybridized carbons (Fsp3) is 0.438. The molecular formula is C16H19N5O3. The first-order valence-corrected chi connectivity index (χ1v) is 8.13. The minimum atomic E-state index is -0.999. The molecule has 1 atom stereocenters. The molecule has 4 N–H and O–H groups in total. The number of carbonyl (C=O) groups excluding carboxylic acids is 1. The standard InChI is InChI=1S/C16H19N5O3/c22-15(9-1-2-9)20-13-7-12(11-3-5-17-14(11)19-13)21-6-4-10(8-21)18-16(23)24/h3,5,7,9-10,18H,1-2,4,6,8H2,(H,23,24)(H2,17,19,20,22). The van der Waals surface area contributed by atoms with E-state index in [1.807, 2.05) is 18.3 Å². The van der Waals surface area contributed by atoms with Gasteiger partial charge in [-0.2, -0.15) is 0 Å². The molecule has 0 radical (unpaired) electrons. The lowest BCUT2D eigenvalue weighted by Crippen LogP contribution is -2.36. The summed E-state index contributed by atoms with van der Waals surface area (Å²) in [6.45, 7) is 1.36. The Hall–Kier alpha value is -2.77. The Morgan fingerprint density at radius 3 is 2.92 bits per heavy atom. The second-order valence-corrected chi connectivity index (χ2v) is 6.41. The van der Waals surface area contributed by atoms with Gasteiger partial charge in [-0.25, -0.2) is 9.78 Å². The summed E-state index contributed by atoms with van der Waals surface area (Å²) < 4.78 is 0. The molecule has 0 bridgehead atoms. The van der Waals surface area contributed by atoms with Gasteiger partial charge in [0.25, 0.3) is 0 Å². The van der Waals surface area contributed by atoms with Gasteiger partial charge >= 0.3 is 6.09 Å². The SMILES string of the molecule is O=C(O)NC1CCN(c2cc(NC(=O)C3CC3)nc3[nH]ccc23)C1. The molecule has 0 spiro atoms. The van der Waals surface area contributed by atoms with E-state index in [0.29, 0.717) is 18.0 Å². The molecule has 1 saturated carbocycles. The number of carboxylic acid groups (broad SMARTS) is 1. The smallest absolute Gasteiger partial charge is 0.404 e. The molecule has 8 nitrogen and oxygen atoms in total. The highest BCUT2D eigenvalue weighted by molar-refractivity contribution is 5.97. The van der Waals surface area contributed by atoms with E-state index in [9.17, 15) is 9.59 Å². The quantitative estimate of drug-likeness (QED) is 0.683. The molecule has 1 aliphatic heterocycles. The fourth-order valence-electron chi connectivity index (χ4n) is 3.19. The first-order valence-electron chi connectivity index (χ1n) is 8.13. The van der Waals surface area contributed by atoms with Crippen LogP contribution in [0.3, 0.4) is 0 Å². The second-order valence-electron chi connectivity index (χ2n) is 6.41. The molecule has 0 aromatic carbocycles. The molecule has 3 heterocycles. The molecular weight excluding hydrogens is 310 g/mol. The molecule has 2 aliphatic rings. The Morgan fingerprint density at radius 2 is 2.17 bits per heavy atom. The number of rotatable bonds is 4. The normalized spacial score (nSPS) is 20.3. The minimum absolute atomic E-state index is 0.0196. The van der Waals surface area contributed by atoms with E-state index < -0.39 is 6.09 Å². The van der Waals surface area contributed by atoms with Crippen molar-refractivity contribution in [2.75, 3.05) is 23.3 Å². The number of nitrogens with zero attached hydrogens (tertiary/aromatic N) is 2. The maximum Gasteiger partial charge on any atom is 0.404 e. The Morgan fingerprint density at radius 1 is 1.33 bits per heavy atom. The van der Waals surface area contributed by atoms with Crippen molar-refractivity contribution in [2.24, 2.45) is 5.92 Å². The molecule has 1 saturated heterocycles. The van der Waals surface area contributed by atoms with E-state index >= 15 is 0 Å². The Balaban J connectivity index is 1.60. The number of pyridine rings is 1. The monoisotopic (exact) mass is 329 g/mol. The number of H-pyrrole nitrogens is 1. The van der Waals surface area contributed by atoms with Crippen LogP contribution in [0.1, 0.15) is 19.3 Å². The molecule has 1 unspecified atom stereocenters. The number of aromatic nitrogens is 2. The average Bonchev–Trinajstić information content (AvgIpc) is 3.11. The molecule has 2 fully saturated rings. The molecule has 2 aromatic rings. The summed E-state index contributed by atoms with van der Waals surface area (Å²) in [4.78, 5) is 32.5. The number of amides is 2. The van der Waals surface area contributed by atoms with Gasteiger partial charge in [-0.15, -0.1) is 0 Å². The molecule has 8 heteroatoms. The van der Waals surface area contributed by atoms with Crippen LogP contribution in [0.5, 0.6) is 0 Å². The third-order valence-electron chi connectivity index (χ3n) is 4.56. The topological polar surface area (TPSA) is 110 Å². The van der Waals surface area contributed by atoms with Crippen molar-refractivity contribution in [1.82, 2.24) is 15.3 Å². The van der Waals surface area contributed by atoms with Crippen molar-refractivity contribution in [2.45, 2.75) is 25.3 Å². The van der Waals surface area contributed by atoms with Crippen LogP contribution < -0.4 is 15.5 Å². The zero-order valence-corrected chi connectivity index (χ0v) is 13.1. The van der Waals surface area contributed by atoms with E-state index in [4.69, 9.17) is 5.11 Å². The van der Waals surface area contributed by atoms with E-state index in [0.717, 1.165) is 36.9 Å². The van der Waals surface area contributed by atoms with E-state index in [-0.39, 0.29) is 17.9 Å². The first-order chi connectivity index (χ1) is 11.6. The lowest BCUT2D eigenvalue weighted by molar-refractivity contribution is -0.117. The summed E-state index contributed by atoms with van der Waals surface area (Å²) in [5, 5.41) is 15.3. The van der Waals surface area contributed by atoms with Crippen molar-refractivity contribution in [3.8, 4) is 0 Å². The van der Waals surface area contributed by atoms with E-state index in [1.54, 1.807) is 0 Å². The maximum atomic E-state index is 12.0. The van der Waals surface area contributed by atoms with E-state index in [1.165, 1.54) is 0 Å². The van der Waals surface area contributed by atoms with Crippen LogP contribution in [0.2, 0.25) is 0 Å². The summed E-state index contributed by atoms with van der Waals surface area (Å²) in [6, 6.07) is 3.73. The molecule has 126 valence electrons. The maximum absolute atomic E-state index is 12.0. The van der Waals surface area contributed by atoms with Crippen molar-refractivity contribution in [3.63, 3.8) is 0 Å². The Labute approximate surface area is 138 Å². The fourth-order valence-corrected chi connectivity index (χ4v) is 3.19. The van der Waals surface area contributed by atoms with E-state index in [2.05, 4.69) is 25.5 Å². The summed E-state index contributed by atoms with van der Waals surface area (Å²) in [5.41, 5.74) is 1.68. The molecule has 4 rings (SSSR count). The number of hydrogen-bond acceptors (Lipinski definition) is 4. The van der Waals surface area contributed by atoms with Crippen molar-refractivity contribution < 1.29 is 14.7 Å². The molecule has 1 aliphatic carbocycles. The largest absolute Gasteiger partial charge is 0.465 e. The first kappa shape index (κ1) is 14.8. The van der Waals surface area contributed by atoms with Crippen molar-refractivity contribution in [3.05, 3.63) is 18.3 Å². The lowest BCUT2D eigenvalue weighted by Gasteiger charge is -2.20. The summed E-state index contributed by atoms with van der Waals surface area (Å²) in [6.07, 6.45) is 3.46. The number of aromatic amines is 1. The zero-order valence-electron chi connectivity index (χ0n) is 13.1. The van der Waals surface area contributed by atoms with Gasteiger partial charge in [0.2, 0.25) is 5.91 Å². The third-order valence-corrected chi connectivity index (χ3v) is 4.56. The van der Waals surface area contributed by atoms with Crippen LogP contribution in [-0.4, -0.2) is 46.2 Å². The summed E-state index contributed by atoms with van der Waals surface area (Å²) in [5.74, 6) is 0.670. The predicted octanol–water partition coefficient (Wildman–Crippen LogP) is 1.76. The number of fused-ring (bicyclic) bond motifs is 1. The lowest BCUT2D eigenvalue weighted by atomic mass is 10.2. The van der Waals surface area contributed by atoms with Gasteiger partial charge in [0, 0.05) is 36.7 Å². The van der Waals surface area contributed by atoms with Crippen LogP contribution in [0.25, 0.3) is 11.0 Å². The number of hydrogen-bond donors (Lipinski definition) is 4. The number of carbonyl (C=O) groups is 2. The van der Waals surface area contributed by atoms with Gasteiger partial charge in [-0.05, 0) is 25.3 Å². The third kappa shape index (κ3) is 2.86. The van der Waals surface area contributed by atoms with Crippen LogP contribution in [0.4, 0.5) is 16.3 Å². The van der Waals surface area contributed by atoms with Crippen LogP contribution >= 0.6 is 0 Å². The predicted molar refractivity (Wildman–Crippen MR) is 89.2 cm³/mol. The average molecular weight is 329 g/mol. The Bertz CT molecular complexity index is 798. The highest BCUT2D eigenvalue weighted by Crippen LogP contribution is 2.33. The number of anilines is 2. The van der Waals surface area contributed by atoms with Crippen LogP contribution in [0, 0.1) is 5.92 Å². The highest BCUT2D eigenvalue weighted by atomic mass is 16.4. The minimum Gasteiger partial charge on any atom is -0.465 e. The van der Waals surface area contributed by atoms with Gasteiger partial charge in [-0.1, -0.05) is 0 Å². The number of nitrogens with one attached hydrogen (secondary N) is 3. The molecule has 2 amide bonds. The summed E-state index contributed by atoms with van der Waals surface area (Å²) >= 11 is 0. The van der Waals surface area contributed by atoms with Crippen LogP contribution in [0.15, 0.2) is 18.3 Å². The summed E-state index contributed by atoms with van der Waals surface area (Å²) in [7, 11) is 0. The van der Waals surface area contributed by atoms with Gasteiger partial charge in [0.05, 0.1) is 11.7 Å². The second kappa shape index (κ2) is 5.70. The highest BCUT2D eigenvalue weighted by Gasteiger charge is 2.30. The molecule has 2 aromatic heterocycles. The van der Waals surface area contributed by atoms with Crippen molar-refractivity contribution >= 4 is 34.5 Å². The van der Waals surface area contributed by atoms with Gasteiger partial charge in [-0.3, -0.25) is 4.79 Å². The van der Waals surface area contributed by atoms with Gasteiger partial charge < -0.3 is 25.6 Å². The van der Waals surface area contributed by atoms with Crippen LogP contribution in [-0.2, 0) is 4.79 Å². The Kier molecular flexibility index (Phi) is 3.51.